The first-order chi connectivity index (χ1) is 11.9. The van der Waals surface area contributed by atoms with Crippen molar-refractivity contribution in [1.82, 2.24) is 0 Å². The Morgan fingerprint density at radius 1 is 1.36 bits per heavy atom. The summed E-state index contributed by atoms with van der Waals surface area (Å²) < 4.78 is 16.0. The normalized spacial score (nSPS) is 16.2. The maximum Gasteiger partial charge on any atom is 0.349 e. The molecule has 1 aromatic rings. The summed E-state index contributed by atoms with van der Waals surface area (Å²) in [7, 11) is 1.53. The lowest BCUT2D eigenvalue weighted by atomic mass is 9.86. The summed E-state index contributed by atoms with van der Waals surface area (Å²) >= 11 is 0. The first-order valence-electron chi connectivity index (χ1n) is 7.99. The molecule has 0 aromatic heterocycles. The number of ether oxygens (including phenoxy) is 3. The van der Waals surface area contributed by atoms with Gasteiger partial charge in [-0.3, -0.25) is 0 Å². The smallest absolute Gasteiger partial charge is 0.349 e. The Bertz CT molecular complexity index is 806. The Morgan fingerprint density at radius 3 is 2.64 bits per heavy atom. The summed E-state index contributed by atoms with van der Waals surface area (Å²) in [5.74, 6) is 2.88. The van der Waals surface area contributed by atoms with Gasteiger partial charge in [-0.05, 0) is 47.6 Å². The second-order valence-corrected chi connectivity index (χ2v) is 6.29. The molecule has 0 heterocycles. The van der Waals surface area contributed by atoms with Gasteiger partial charge in [0.2, 0.25) is 0 Å². The number of methoxy groups -OCH3 is 1. The highest BCUT2D eigenvalue weighted by Gasteiger charge is 2.37. The topological polar surface area (TPSA) is 68.5 Å². The van der Waals surface area contributed by atoms with Gasteiger partial charge in [0, 0.05) is 0 Å². The Kier molecular flexibility index (Phi) is 5.39. The highest BCUT2D eigenvalue weighted by molar-refractivity contribution is 6.03. The molecule has 0 fully saturated rings. The van der Waals surface area contributed by atoms with Crippen molar-refractivity contribution in [2.75, 3.05) is 20.3 Å². The molecule has 0 unspecified atom stereocenters. The molecule has 0 bridgehead atoms. The van der Waals surface area contributed by atoms with Crippen LogP contribution in [0.3, 0.4) is 0 Å². The summed E-state index contributed by atoms with van der Waals surface area (Å²) in [5, 5.41) is 9.49. The minimum Gasteiger partial charge on any atom is -0.493 e. The lowest BCUT2D eigenvalue weighted by Gasteiger charge is -2.20. The van der Waals surface area contributed by atoms with Crippen molar-refractivity contribution in [3.8, 4) is 29.9 Å². The van der Waals surface area contributed by atoms with Crippen LogP contribution < -0.4 is 9.47 Å². The van der Waals surface area contributed by atoms with Gasteiger partial charge in [-0.2, -0.15) is 5.26 Å². The molecule has 25 heavy (non-hydrogen) atoms. The molecular formula is C20H21NO4. The van der Waals surface area contributed by atoms with Gasteiger partial charge >= 0.3 is 5.97 Å². The van der Waals surface area contributed by atoms with Crippen molar-refractivity contribution >= 4 is 11.5 Å². The SMILES string of the molecule is C#CCOc1cc2c(cc1OC)/C(=C(\C#N)C(=O)OCC)CC2(C)C. The standard InChI is InChI=1S/C20H21NO4/c1-6-8-25-18-10-16-13(9-17(18)23-5)14(11-20(16,3)4)15(12-21)19(22)24-7-2/h1,9-10H,7-8,11H2,2-5H3/b15-14+. The minimum absolute atomic E-state index is 0.0352. The van der Waals surface area contributed by atoms with Gasteiger partial charge in [-0.25, -0.2) is 4.79 Å². The van der Waals surface area contributed by atoms with Crippen molar-refractivity contribution in [3.05, 3.63) is 28.8 Å². The van der Waals surface area contributed by atoms with E-state index in [9.17, 15) is 10.1 Å². The van der Waals surface area contributed by atoms with Crippen molar-refractivity contribution in [2.45, 2.75) is 32.6 Å². The molecule has 0 aliphatic heterocycles. The quantitative estimate of drug-likeness (QED) is 0.356. The third kappa shape index (κ3) is 3.46. The van der Waals surface area contributed by atoms with E-state index < -0.39 is 5.97 Å². The fourth-order valence-corrected chi connectivity index (χ4v) is 3.06. The highest BCUT2D eigenvalue weighted by atomic mass is 16.5. The van der Waals surface area contributed by atoms with Crippen LogP contribution in [-0.2, 0) is 14.9 Å². The van der Waals surface area contributed by atoms with E-state index in [0.717, 1.165) is 11.1 Å². The number of terminal acetylenes is 1. The van der Waals surface area contributed by atoms with Crippen LogP contribution in [0.25, 0.3) is 5.57 Å². The molecule has 1 aromatic carbocycles. The lowest BCUT2D eigenvalue weighted by Crippen LogP contribution is -2.13. The van der Waals surface area contributed by atoms with Crippen LogP contribution in [0, 0.1) is 23.7 Å². The van der Waals surface area contributed by atoms with E-state index in [1.807, 2.05) is 12.1 Å². The first-order valence-corrected chi connectivity index (χ1v) is 7.99. The maximum absolute atomic E-state index is 12.2. The van der Waals surface area contributed by atoms with Gasteiger partial charge in [-0.1, -0.05) is 19.8 Å². The average molecular weight is 339 g/mol. The number of rotatable bonds is 5. The number of fused-ring (bicyclic) bond motifs is 1. The summed E-state index contributed by atoms with van der Waals surface area (Å²) in [5.41, 5.74) is 2.22. The zero-order valence-electron chi connectivity index (χ0n) is 14.9. The molecule has 0 atom stereocenters. The molecule has 0 N–H and O–H groups in total. The zero-order valence-corrected chi connectivity index (χ0v) is 14.9. The fraction of sp³-hybridized carbons (Fsp3) is 0.400. The minimum atomic E-state index is -0.602. The molecule has 0 radical (unpaired) electrons. The molecule has 0 amide bonds. The van der Waals surface area contributed by atoms with Crippen LogP contribution >= 0.6 is 0 Å². The molecule has 0 saturated heterocycles. The number of carbonyl (C=O) groups is 1. The molecule has 5 nitrogen and oxygen atoms in total. The van der Waals surface area contributed by atoms with Gasteiger partial charge in [0.25, 0.3) is 0 Å². The van der Waals surface area contributed by atoms with E-state index in [4.69, 9.17) is 20.6 Å². The number of benzene rings is 1. The molecular weight excluding hydrogens is 318 g/mol. The van der Waals surface area contributed by atoms with Gasteiger partial charge in [0.1, 0.15) is 18.2 Å². The van der Waals surface area contributed by atoms with E-state index >= 15 is 0 Å². The van der Waals surface area contributed by atoms with Crippen LogP contribution in [0.15, 0.2) is 17.7 Å². The number of allylic oxidation sites excluding steroid dienone is 1. The second kappa shape index (κ2) is 7.32. The van der Waals surface area contributed by atoms with Gasteiger partial charge in [-0.15, -0.1) is 6.42 Å². The summed E-state index contributed by atoms with van der Waals surface area (Å²) in [4.78, 5) is 12.2. The summed E-state index contributed by atoms with van der Waals surface area (Å²) in [6.45, 7) is 6.16. The average Bonchev–Trinajstić information content (AvgIpc) is 2.83. The Balaban J connectivity index is 2.66. The van der Waals surface area contributed by atoms with Crippen molar-refractivity contribution in [1.29, 1.82) is 5.26 Å². The second-order valence-electron chi connectivity index (χ2n) is 6.29. The van der Waals surface area contributed by atoms with Crippen LogP contribution in [0.1, 0.15) is 38.3 Å². The highest BCUT2D eigenvalue weighted by Crippen LogP contribution is 2.50. The van der Waals surface area contributed by atoms with Gasteiger partial charge in [0.15, 0.2) is 11.5 Å². The van der Waals surface area contributed by atoms with Crippen molar-refractivity contribution < 1.29 is 19.0 Å². The Labute approximate surface area is 148 Å². The summed E-state index contributed by atoms with van der Waals surface area (Å²) in [6.07, 6.45) is 5.81. The number of carbonyl (C=O) groups excluding carboxylic acids is 1. The molecule has 0 saturated carbocycles. The Hall–Kier alpha value is -2.92. The molecule has 1 aliphatic rings. The van der Waals surface area contributed by atoms with E-state index in [2.05, 4.69) is 19.8 Å². The Morgan fingerprint density at radius 2 is 2.08 bits per heavy atom. The van der Waals surface area contributed by atoms with E-state index in [1.54, 1.807) is 13.0 Å². The summed E-state index contributed by atoms with van der Waals surface area (Å²) in [6, 6.07) is 5.67. The number of hydrogen-bond acceptors (Lipinski definition) is 5. The monoisotopic (exact) mass is 339 g/mol. The molecule has 2 rings (SSSR count). The molecule has 0 spiro atoms. The number of nitriles is 1. The lowest BCUT2D eigenvalue weighted by molar-refractivity contribution is -0.137. The first kappa shape index (κ1) is 18.4. The fourth-order valence-electron chi connectivity index (χ4n) is 3.06. The maximum atomic E-state index is 12.2. The van der Waals surface area contributed by atoms with Crippen molar-refractivity contribution in [2.24, 2.45) is 0 Å². The zero-order chi connectivity index (χ0) is 18.6. The van der Waals surface area contributed by atoms with E-state index in [1.165, 1.54) is 7.11 Å². The number of esters is 1. The van der Waals surface area contributed by atoms with E-state index in [0.29, 0.717) is 23.5 Å². The third-order valence-electron chi connectivity index (χ3n) is 4.18. The van der Waals surface area contributed by atoms with Crippen LogP contribution in [-0.4, -0.2) is 26.3 Å². The van der Waals surface area contributed by atoms with Crippen molar-refractivity contribution in [3.63, 3.8) is 0 Å². The molecule has 130 valence electrons. The predicted molar refractivity (Wildman–Crippen MR) is 94.1 cm³/mol. The molecule has 1 aliphatic carbocycles. The van der Waals surface area contributed by atoms with Crippen LogP contribution in [0.4, 0.5) is 0 Å². The van der Waals surface area contributed by atoms with Crippen LogP contribution in [0.2, 0.25) is 0 Å². The third-order valence-corrected chi connectivity index (χ3v) is 4.18. The molecule has 5 heteroatoms. The number of nitrogens with zero attached hydrogens (tertiary/aromatic N) is 1. The van der Waals surface area contributed by atoms with Crippen LogP contribution in [0.5, 0.6) is 11.5 Å². The number of hydrogen-bond donors (Lipinski definition) is 0. The predicted octanol–water partition coefficient (Wildman–Crippen LogP) is 3.23. The van der Waals surface area contributed by atoms with Gasteiger partial charge < -0.3 is 14.2 Å². The van der Waals surface area contributed by atoms with E-state index in [-0.39, 0.29) is 24.2 Å². The largest absolute Gasteiger partial charge is 0.493 e. The van der Waals surface area contributed by atoms with Gasteiger partial charge in [0.05, 0.1) is 13.7 Å².